The van der Waals surface area contributed by atoms with Crippen molar-refractivity contribution in [3.05, 3.63) is 47.8 Å². The summed E-state index contributed by atoms with van der Waals surface area (Å²) in [6.45, 7) is 0.0691. The predicted octanol–water partition coefficient (Wildman–Crippen LogP) is 2.13. The molecule has 2 aromatic rings. The molecule has 0 saturated heterocycles. The van der Waals surface area contributed by atoms with Crippen LogP contribution in [-0.4, -0.2) is 17.5 Å². The van der Waals surface area contributed by atoms with E-state index in [1.54, 1.807) is 0 Å². The van der Waals surface area contributed by atoms with E-state index in [9.17, 15) is 9.18 Å². The van der Waals surface area contributed by atoms with Gasteiger partial charge in [0.2, 0.25) is 5.88 Å². The number of aromatic nitrogens is 1. The molecule has 6 heteroatoms. The fraction of sp³-hybridized carbons (Fsp3) is 0.143. The molecular weight excluding hydrogens is 263 g/mol. The maximum atomic E-state index is 13.8. The van der Waals surface area contributed by atoms with Crippen LogP contribution in [0.4, 0.5) is 10.1 Å². The van der Waals surface area contributed by atoms with Crippen molar-refractivity contribution in [2.75, 3.05) is 11.9 Å². The molecule has 0 atom stereocenters. The number of carbonyl (C=O) groups excluding carboxylic acids is 1. The van der Waals surface area contributed by atoms with E-state index in [-0.39, 0.29) is 36.6 Å². The molecule has 0 radical (unpaired) electrons. The number of ether oxygens (including phenoxy) is 2. The highest BCUT2D eigenvalue weighted by Gasteiger charge is 2.21. The van der Waals surface area contributed by atoms with Crippen LogP contribution in [0, 0.1) is 5.82 Å². The molecule has 0 fully saturated rings. The quantitative estimate of drug-likeness (QED) is 0.931. The summed E-state index contributed by atoms with van der Waals surface area (Å²) in [6, 6.07) is 10.5. The fourth-order valence-electron chi connectivity index (χ4n) is 1.80. The number of halogens is 1. The zero-order chi connectivity index (χ0) is 13.9. The first-order chi connectivity index (χ1) is 9.72. The molecule has 102 valence electrons. The van der Waals surface area contributed by atoms with Gasteiger partial charge in [0.15, 0.2) is 12.4 Å². The van der Waals surface area contributed by atoms with Gasteiger partial charge in [-0.3, -0.25) is 4.79 Å². The molecule has 1 aliphatic heterocycles. The third kappa shape index (κ3) is 2.54. The third-order valence-corrected chi connectivity index (χ3v) is 2.74. The number of amides is 1. The lowest BCUT2D eigenvalue weighted by Crippen LogP contribution is -2.26. The molecule has 3 rings (SSSR count). The first-order valence-corrected chi connectivity index (χ1v) is 6.02. The lowest BCUT2D eigenvalue weighted by Gasteiger charge is -2.17. The van der Waals surface area contributed by atoms with Crippen LogP contribution in [0.25, 0.3) is 0 Å². The Balaban J connectivity index is 1.79. The standard InChI is InChI=1S/C14H11FN2O3/c15-10-6-11-14(20-8-12(18)16-11)17-13(10)19-7-9-4-2-1-3-5-9/h1-6H,7-8H2,(H,16,18). The lowest BCUT2D eigenvalue weighted by atomic mass is 10.2. The van der Waals surface area contributed by atoms with Crippen LogP contribution in [0.2, 0.25) is 0 Å². The van der Waals surface area contributed by atoms with Crippen LogP contribution in [0.15, 0.2) is 36.4 Å². The molecule has 1 amide bonds. The number of hydrogen-bond acceptors (Lipinski definition) is 4. The van der Waals surface area contributed by atoms with Crippen molar-refractivity contribution in [1.82, 2.24) is 4.98 Å². The van der Waals surface area contributed by atoms with Crippen LogP contribution in [0.3, 0.4) is 0 Å². The minimum Gasteiger partial charge on any atom is -0.471 e. The van der Waals surface area contributed by atoms with E-state index in [0.29, 0.717) is 0 Å². The highest BCUT2D eigenvalue weighted by Crippen LogP contribution is 2.30. The molecule has 1 aromatic carbocycles. The molecule has 5 nitrogen and oxygen atoms in total. The van der Waals surface area contributed by atoms with Crippen LogP contribution in [-0.2, 0) is 11.4 Å². The van der Waals surface area contributed by atoms with Crippen molar-refractivity contribution in [3.8, 4) is 11.8 Å². The Hall–Kier alpha value is -2.63. The molecule has 0 saturated carbocycles. The van der Waals surface area contributed by atoms with E-state index >= 15 is 0 Å². The Kier molecular flexibility index (Phi) is 3.20. The number of nitrogens with one attached hydrogen (secondary N) is 1. The summed E-state index contributed by atoms with van der Waals surface area (Å²) in [5.41, 5.74) is 1.12. The van der Waals surface area contributed by atoms with Crippen LogP contribution in [0.1, 0.15) is 5.56 Å². The summed E-state index contributed by atoms with van der Waals surface area (Å²) in [7, 11) is 0. The smallest absolute Gasteiger partial charge is 0.262 e. The lowest BCUT2D eigenvalue weighted by molar-refractivity contribution is -0.118. The van der Waals surface area contributed by atoms with Gasteiger partial charge in [0.05, 0.1) is 0 Å². The summed E-state index contributed by atoms with van der Waals surface area (Å²) >= 11 is 0. The van der Waals surface area contributed by atoms with Gasteiger partial charge in [0.1, 0.15) is 12.3 Å². The van der Waals surface area contributed by atoms with Crippen molar-refractivity contribution in [2.45, 2.75) is 6.61 Å². The Bertz CT molecular complexity index is 646. The zero-order valence-corrected chi connectivity index (χ0v) is 10.4. The Morgan fingerprint density at radius 3 is 2.95 bits per heavy atom. The topological polar surface area (TPSA) is 60.5 Å². The number of benzene rings is 1. The predicted molar refractivity (Wildman–Crippen MR) is 69.1 cm³/mol. The molecule has 2 heterocycles. The summed E-state index contributed by atoms with van der Waals surface area (Å²) < 4.78 is 24.3. The highest BCUT2D eigenvalue weighted by molar-refractivity contribution is 5.94. The van der Waals surface area contributed by atoms with Crippen LogP contribution >= 0.6 is 0 Å². The Morgan fingerprint density at radius 2 is 2.15 bits per heavy atom. The van der Waals surface area contributed by atoms with E-state index in [0.717, 1.165) is 11.6 Å². The molecule has 0 aliphatic carbocycles. The molecule has 1 aliphatic rings. The SMILES string of the molecule is O=C1COc2nc(OCc3ccccc3)c(F)cc2N1. The normalized spacial score (nSPS) is 13.2. The van der Waals surface area contributed by atoms with Gasteiger partial charge in [-0.15, -0.1) is 0 Å². The number of pyridine rings is 1. The Morgan fingerprint density at radius 1 is 1.35 bits per heavy atom. The number of fused-ring (bicyclic) bond motifs is 1. The summed E-state index contributed by atoms with van der Waals surface area (Å²) in [5, 5.41) is 2.48. The molecule has 0 unspecified atom stereocenters. The molecule has 1 N–H and O–H groups in total. The number of hydrogen-bond donors (Lipinski definition) is 1. The van der Waals surface area contributed by atoms with E-state index in [4.69, 9.17) is 9.47 Å². The molecule has 0 bridgehead atoms. The van der Waals surface area contributed by atoms with Crippen molar-refractivity contribution in [3.63, 3.8) is 0 Å². The van der Waals surface area contributed by atoms with Crippen molar-refractivity contribution < 1.29 is 18.7 Å². The van der Waals surface area contributed by atoms with Gasteiger partial charge in [-0.25, -0.2) is 4.39 Å². The summed E-state index contributed by atoms with van der Waals surface area (Å²) in [4.78, 5) is 15.0. The highest BCUT2D eigenvalue weighted by atomic mass is 19.1. The number of anilines is 1. The van der Waals surface area contributed by atoms with Gasteiger partial charge in [0.25, 0.3) is 11.8 Å². The monoisotopic (exact) mass is 274 g/mol. The average Bonchev–Trinajstić information content (AvgIpc) is 2.46. The molecule has 20 heavy (non-hydrogen) atoms. The number of carbonyl (C=O) groups is 1. The van der Waals surface area contributed by atoms with Gasteiger partial charge >= 0.3 is 0 Å². The van der Waals surface area contributed by atoms with E-state index in [2.05, 4.69) is 10.3 Å². The van der Waals surface area contributed by atoms with Gasteiger partial charge in [-0.05, 0) is 5.56 Å². The summed E-state index contributed by atoms with van der Waals surface area (Å²) in [6.07, 6.45) is 0. The molecular formula is C14H11FN2O3. The van der Waals surface area contributed by atoms with Crippen LogP contribution in [0.5, 0.6) is 11.8 Å². The fourth-order valence-corrected chi connectivity index (χ4v) is 1.80. The second kappa shape index (κ2) is 5.16. The second-order valence-corrected chi connectivity index (χ2v) is 4.24. The van der Waals surface area contributed by atoms with Gasteiger partial charge < -0.3 is 14.8 Å². The third-order valence-electron chi connectivity index (χ3n) is 2.74. The largest absolute Gasteiger partial charge is 0.471 e. The van der Waals surface area contributed by atoms with Gasteiger partial charge in [0, 0.05) is 6.07 Å². The molecule has 1 aromatic heterocycles. The zero-order valence-electron chi connectivity index (χ0n) is 10.4. The molecule has 0 spiro atoms. The average molecular weight is 274 g/mol. The summed E-state index contributed by atoms with van der Waals surface area (Å²) in [5.74, 6) is -0.972. The van der Waals surface area contributed by atoms with Crippen molar-refractivity contribution in [1.29, 1.82) is 0 Å². The van der Waals surface area contributed by atoms with E-state index < -0.39 is 5.82 Å². The van der Waals surface area contributed by atoms with Gasteiger partial charge in [-0.1, -0.05) is 30.3 Å². The first kappa shape index (κ1) is 12.4. The van der Waals surface area contributed by atoms with Gasteiger partial charge in [-0.2, -0.15) is 4.98 Å². The second-order valence-electron chi connectivity index (χ2n) is 4.24. The van der Waals surface area contributed by atoms with Crippen molar-refractivity contribution >= 4 is 11.6 Å². The van der Waals surface area contributed by atoms with Crippen LogP contribution < -0.4 is 14.8 Å². The van der Waals surface area contributed by atoms with Crippen molar-refractivity contribution in [2.24, 2.45) is 0 Å². The minimum absolute atomic E-state index is 0.135. The number of nitrogens with zero attached hydrogens (tertiary/aromatic N) is 1. The Labute approximate surface area is 114 Å². The first-order valence-electron chi connectivity index (χ1n) is 6.02. The van der Waals surface area contributed by atoms with E-state index in [1.165, 1.54) is 0 Å². The maximum Gasteiger partial charge on any atom is 0.262 e. The maximum absolute atomic E-state index is 13.8. The van der Waals surface area contributed by atoms with E-state index in [1.807, 2.05) is 30.3 Å². The minimum atomic E-state index is -0.648. The number of rotatable bonds is 3.